The predicted octanol–water partition coefficient (Wildman–Crippen LogP) is 2.84. The van der Waals surface area contributed by atoms with Crippen molar-refractivity contribution < 1.29 is 14.6 Å². The second kappa shape index (κ2) is 6.69. The van der Waals surface area contributed by atoms with Crippen LogP contribution in [-0.2, 0) is 9.47 Å². The van der Waals surface area contributed by atoms with Crippen molar-refractivity contribution in [2.24, 2.45) is 23.2 Å². The molecule has 0 radical (unpaired) electrons. The molecule has 4 atom stereocenters. The maximum absolute atomic E-state index is 10.3. The van der Waals surface area contributed by atoms with Gasteiger partial charge in [0, 0.05) is 12.5 Å². The van der Waals surface area contributed by atoms with Crippen LogP contribution in [0.1, 0.15) is 33.6 Å². The summed E-state index contributed by atoms with van der Waals surface area (Å²) in [5, 5.41) is 10.3. The zero-order valence-electron chi connectivity index (χ0n) is 12.2. The van der Waals surface area contributed by atoms with Crippen molar-refractivity contribution in [2.45, 2.75) is 39.9 Å². The summed E-state index contributed by atoms with van der Waals surface area (Å²) in [5.41, 5.74) is -0.264. The van der Waals surface area contributed by atoms with Crippen molar-refractivity contribution >= 4 is 0 Å². The number of methoxy groups -OCH3 is 1. The van der Waals surface area contributed by atoms with Crippen LogP contribution in [-0.4, -0.2) is 31.7 Å². The molecule has 1 aliphatic heterocycles. The van der Waals surface area contributed by atoms with Gasteiger partial charge in [-0.15, -0.1) is 6.58 Å². The number of ether oxygens (including phenoxy) is 2. The Morgan fingerprint density at radius 2 is 2.17 bits per heavy atom. The van der Waals surface area contributed by atoms with E-state index in [9.17, 15) is 5.11 Å². The molecule has 1 fully saturated rings. The molecule has 1 aliphatic rings. The molecule has 0 bridgehead atoms. The Kier molecular flexibility index (Phi) is 5.83. The van der Waals surface area contributed by atoms with Crippen molar-refractivity contribution in [2.75, 3.05) is 20.3 Å². The Morgan fingerprint density at radius 3 is 2.67 bits per heavy atom. The fraction of sp³-hybridized carbons (Fsp3) is 0.867. The topological polar surface area (TPSA) is 38.7 Å². The molecule has 1 N–H and O–H groups in total. The average molecular weight is 256 g/mol. The summed E-state index contributed by atoms with van der Waals surface area (Å²) in [4.78, 5) is 0. The molecule has 3 unspecified atom stereocenters. The monoisotopic (exact) mass is 256 g/mol. The van der Waals surface area contributed by atoms with Gasteiger partial charge in [-0.1, -0.05) is 26.8 Å². The number of aliphatic hydroxyl groups is 1. The van der Waals surface area contributed by atoms with Crippen LogP contribution < -0.4 is 0 Å². The van der Waals surface area contributed by atoms with Crippen LogP contribution >= 0.6 is 0 Å². The summed E-state index contributed by atoms with van der Waals surface area (Å²) in [6.07, 6.45) is 3.15. The van der Waals surface area contributed by atoms with Gasteiger partial charge in [0.05, 0.1) is 13.2 Å². The van der Waals surface area contributed by atoms with E-state index in [1.807, 2.05) is 6.08 Å². The van der Waals surface area contributed by atoms with E-state index in [4.69, 9.17) is 9.47 Å². The van der Waals surface area contributed by atoms with Crippen molar-refractivity contribution in [3.63, 3.8) is 0 Å². The molecule has 1 saturated heterocycles. The first-order valence-electron chi connectivity index (χ1n) is 6.87. The summed E-state index contributed by atoms with van der Waals surface area (Å²) >= 11 is 0. The molecule has 0 spiro atoms. The van der Waals surface area contributed by atoms with Crippen LogP contribution in [0, 0.1) is 23.2 Å². The third-order valence-electron chi connectivity index (χ3n) is 4.06. The van der Waals surface area contributed by atoms with Gasteiger partial charge in [-0.3, -0.25) is 0 Å². The van der Waals surface area contributed by atoms with Crippen molar-refractivity contribution in [1.29, 1.82) is 0 Å². The number of rotatable bonds is 7. The molecule has 1 rings (SSSR count). The fourth-order valence-electron chi connectivity index (χ4n) is 3.12. The van der Waals surface area contributed by atoms with Gasteiger partial charge < -0.3 is 14.6 Å². The lowest BCUT2D eigenvalue weighted by Crippen LogP contribution is -2.44. The number of allylic oxidation sites excluding steroid dienone is 1. The minimum atomic E-state index is -0.746. The molecule has 0 aromatic rings. The second-order valence-electron chi connectivity index (χ2n) is 6.08. The van der Waals surface area contributed by atoms with Gasteiger partial charge in [0.25, 0.3) is 0 Å². The molecule has 18 heavy (non-hydrogen) atoms. The largest absolute Gasteiger partial charge is 0.380 e. The van der Waals surface area contributed by atoms with Gasteiger partial charge in [-0.25, -0.2) is 0 Å². The zero-order valence-corrected chi connectivity index (χ0v) is 12.2. The van der Waals surface area contributed by atoms with E-state index in [1.54, 1.807) is 7.11 Å². The van der Waals surface area contributed by atoms with Gasteiger partial charge in [-0.05, 0) is 30.6 Å². The Balaban J connectivity index is 2.88. The van der Waals surface area contributed by atoms with Crippen LogP contribution in [0.3, 0.4) is 0 Å². The van der Waals surface area contributed by atoms with Crippen molar-refractivity contribution in [3.05, 3.63) is 12.7 Å². The fourth-order valence-corrected chi connectivity index (χ4v) is 3.12. The quantitative estimate of drug-likeness (QED) is 0.562. The molecule has 1 heterocycles. The summed E-state index contributed by atoms with van der Waals surface area (Å²) in [7, 11) is 1.57. The summed E-state index contributed by atoms with van der Waals surface area (Å²) in [5.74, 6) is 1.29. The third kappa shape index (κ3) is 3.34. The van der Waals surface area contributed by atoms with Crippen LogP contribution in [0.2, 0.25) is 0 Å². The summed E-state index contributed by atoms with van der Waals surface area (Å²) in [6.45, 7) is 11.7. The predicted molar refractivity (Wildman–Crippen MR) is 73.2 cm³/mol. The summed E-state index contributed by atoms with van der Waals surface area (Å²) in [6, 6.07) is 0. The van der Waals surface area contributed by atoms with Crippen molar-refractivity contribution in [3.8, 4) is 0 Å². The van der Waals surface area contributed by atoms with E-state index in [-0.39, 0.29) is 5.41 Å². The maximum Gasteiger partial charge on any atom is 0.162 e. The molecule has 0 aromatic carbocycles. The van der Waals surface area contributed by atoms with Gasteiger partial charge in [-0.2, -0.15) is 0 Å². The van der Waals surface area contributed by atoms with Crippen LogP contribution in [0.5, 0.6) is 0 Å². The van der Waals surface area contributed by atoms with Gasteiger partial charge in [0.1, 0.15) is 0 Å². The second-order valence-corrected chi connectivity index (χ2v) is 6.08. The first kappa shape index (κ1) is 15.7. The highest BCUT2D eigenvalue weighted by atomic mass is 16.6. The average Bonchev–Trinajstić information content (AvgIpc) is 2.71. The smallest absolute Gasteiger partial charge is 0.162 e. The number of aliphatic hydroxyl groups excluding tert-OH is 1. The van der Waals surface area contributed by atoms with Crippen molar-refractivity contribution in [1.82, 2.24) is 0 Å². The molecule has 0 aromatic heterocycles. The highest BCUT2D eigenvalue weighted by Gasteiger charge is 2.49. The molecule has 0 aliphatic carbocycles. The SMILES string of the molecule is C=C[C@H](C)CC1COCC1(CC(C)C)C(O)OC. The first-order chi connectivity index (χ1) is 8.46. The molecule has 0 amide bonds. The van der Waals surface area contributed by atoms with Crippen LogP contribution in [0.25, 0.3) is 0 Å². The maximum atomic E-state index is 10.3. The third-order valence-corrected chi connectivity index (χ3v) is 4.06. The summed E-state index contributed by atoms with van der Waals surface area (Å²) < 4.78 is 10.9. The number of hydrogen-bond donors (Lipinski definition) is 1. The van der Waals surface area contributed by atoms with Crippen LogP contribution in [0.4, 0.5) is 0 Å². The normalized spacial score (nSPS) is 31.6. The molecular formula is C15H28O3. The number of hydrogen-bond acceptors (Lipinski definition) is 3. The molecule has 3 heteroatoms. The molecule has 106 valence electrons. The highest BCUT2D eigenvalue weighted by molar-refractivity contribution is 4.95. The Hall–Kier alpha value is -0.380. The van der Waals surface area contributed by atoms with Gasteiger partial charge >= 0.3 is 0 Å². The lowest BCUT2D eigenvalue weighted by atomic mass is 9.69. The lowest BCUT2D eigenvalue weighted by Gasteiger charge is -2.39. The van der Waals surface area contributed by atoms with Gasteiger partial charge in [0.2, 0.25) is 0 Å². The van der Waals surface area contributed by atoms with E-state index < -0.39 is 6.29 Å². The van der Waals surface area contributed by atoms with E-state index >= 15 is 0 Å². The lowest BCUT2D eigenvalue weighted by molar-refractivity contribution is -0.178. The minimum absolute atomic E-state index is 0.264. The van der Waals surface area contributed by atoms with E-state index in [0.717, 1.165) is 12.8 Å². The van der Waals surface area contributed by atoms with E-state index in [2.05, 4.69) is 27.4 Å². The van der Waals surface area contributed by atoms with E-state index in [1.165, 1.54) is 0 Å². The highest BCUT2D eigenvalue weighted by Crippen LogP contribution is 2.46. The molecule has 3 nitrogen and oxygen atoms in total. The zero-order chi connectivity index (χ0) is 13.8. The molecular weight excluding hydrogens is 228 g/mol. The minimum Gasteiger partial charge on any atom is -0.380 e. The van der Waals surface area contributed by atoms with Gasteiger partial charge in [0.15, 0.2) is 6.29 Å². The van der Waals surface area contributed by atoms with Crippen LogP contribution in [0.15, 0.2) is 12.7 Å². The first-order valence-corrected chi connectivity index (χ1v) is 6.87. The Morgan fingerprint density at radius 1 is 1.50 bits per heavy atom. The van der Waals surface area contributed by atoms with E-state index in [0.29, 0.717) is 31.0 Å². The standard InChI is InChI=1S/C15H28O3/c1-6-12(4)7-13-9-18-10-15(13,8-11(2)3)14(16)17-5/h6,11-14,16H,1,7-10H2,2-5H3/t12-,13?,14?,15?/m0/s1. The Labute approximate surface area is 111 Å². The Bertz CT molecular complexity index is 264. The molecule has 0 saturated carbocycles.